The summed E-state index contributed by atoms with van der Waals surface area (Å²) >= 11 is 0. The van der Waals surface area contributed by atoms with Gasteiger partial charge in [-0.3, -0.25) is 9.59 Å². The van der Waals surface area contributed by atoms with Gasteiger partial charge in [0.05, 0.1) is 19.8 Å². The predicted octanol–water partition coefficient (Wildman–Crippen LogP) is 2.56. The Kier molecular flexibility index (Phi) is 4.44. The van der Waals surface area contributed by atoms with Crippen LogP contribution in [0.5, 0.6) is 5.75 Å². The Morgan fingerprint density at radius 1 is 1.23 bits per heavy atom. The van der Waals surface area contributed by atoms with Crippen molar-refractivity contribution < 1.29 is 19.1 Å². The Balaban J connectivity index is 2.35. The van der Waals surface area contributed by atoms with Crippen LogP contribution in [0.25, 0.3) is 0 Å². The third-order valence-corrected chi connectivity index (χ3v) is 3.82. The van der Waals surface area contributed by atoms with E-state index in [1.54, 1.807) is 18.9 Å². The lowest BCUT2D eigenvalue weighted by atomic mass is 9.78. The molecule has 0 bridgehead atoms. The number of benzene rings is 1. The summed E-state index contributed by atoms with van der Waals surface area (Å²) in [7, 11) is 1.60. The molecular weight excluding hydrogens is 282 g/mol. The molecule has 5 nitrogen and oxygen atoms in total. The van der Waals surface area contributed by atoms with Gasteiger partial charge >= 0.3 is 5.97 Å². The molecule has 0 radical (unpaired) electrons. The van der Waals surface area contributed by atoms with E-state index in [1.807, 2.05) is 45.0 Å². The van der Waals surface area contributed by atoms with Gasteiger partial charge in [0, 0.05) is 5.54 Å². The lowest BCUT2D eigenvalue weighted by Gasteiger charge is -2.52. The fourth-order valence-electron chi connectivity index (χ4n) is 2.84. The summed E-state index contributed by atoms with van der Waals surface area (Å²) in [6.07, 6.45) is 0. The average Bonchev–Trinajstić information content (AvgIpc) is 2.43. The van der Waals surface area contributed by atoms with Crippen molar-refractivity contribution in [2.24, 2.45) is 5.92 Å². The Morgan fingerprint density at radius 2 is 1.82 bits per heavy atom. The van der Waals surface area contributed by atoms with Crippen LogP contribution in [0.4, 0.5) is 0 Å². The number of hydrogen-bond donors (Lipinski definition) is 0. The minimum Gasteiger partial charge on any atom is -0.497 e. The zero-order chi connectivity index (χ0) is 16.5. The highest BCUT2D eigenvalue weighted by atomic mass is 16.5. The number of rotatable bonds is 4. The highest BCUT2D eigenvalue weighted by Crippen LogP contribution is 2.45. The molecule has 0 unspecified atom stereocenters. The van der Waals surface area contributed by atoms with Crippen LogP contribution in [0.1, 0.15) is 39.3 Å². The van der Waals surface area contributed by atoms with Gasteiger partial charge < -0.3 is 14.4 Å². The molecule has 5 heteroatoms. The Labute approximate surface area is 131 Å². The first-order chi connectivity index (χ1) is 10.3. The molecule has 0 saturated carbocycles. The van der Waals surface area contributed by atoms with Crippen molar-refractivity contribution in [3.63, 3.8) is 0 Å². The van der Waals surface area contributed by atoms with Crippen molar-refractivity contribution in [1.82, 2.24) is 4.90 Å². The first-order valence-corrected chi connectivity index (χ1v) is 7.45. The van der Waals surface area contributed by atoms with Crippen molar-refractivity contribution in [1.29, 1.82) is 0 Å². The summed E-state index contributed by atoms with van der Waals surface area (Å²) in [5.41, 5.74) is 0.554. The van der Waals surface area contributed by atoms with E-state index in [1.165, 1.54) is 0 Å². The van der Waals surface area contributed by atoms with E-state index in [-0.39, 0.29) is 24.1 Å². The van der Waals surface area contributed by atoms with Crippen LogP contribution in [0, 0.1) is 5.92 Å². The lowest BCUT2D eigenvalue weighted by Crippen LogP contribution is -2.64. The summed E-state index contributed by atoms with van der Waals surface area (Å²) in [5, 5.41) is 0. The van der Waals surface area contributed by atoms with E-state index in [0.717, 1.165) is 11.3 Å². The van der Waals surface area contributed by atoms with Gasteiger partial charge in [0.1, 0.15) is 5.75 Å². The van der Waals surface area contributed by atoms with Gasteiger partial charge in [-0.25, -0.2) is 0 Å². The fourth-order valence-corrected chi connectivity index (χ4v) is 2.84. The predicted molar refractivity (Wildman–Crippen MR) is 82.5 cm³/mol. The number of carbonyl (C=O) groups is 2. The van der Waals surface area contributed by atoms with E-state index in [2.05, 4.69) is 0 Å². The maximum absolute atomic E-state index is 12.4. The Hall–Kier alpha value is -2.04. The number of carbonyl (C=O) groups excluding carboxylic acids is 2. The molecule has 1 saturated heterocycles. The van der Waals surface area contributed by atoms with Crippen molar-refractivity contribution >= 4 is 11.9 Å². The van der Waals surface area contributed by atoms with Crippen LogP contribution < -0.4 is 4.74 Å². The summed E-state index contributed by atoms with van der Waals surface area (Å²) in [5.74, 6) is -0.641. The number of esters is 1. The van der Waals surface area contributed by atoms with Gasteiger partial charge in [-0.15, -0.1) is 0 Å². The molecule has 22 heavy (non-hydrogen) atoms. The minimum atomic E-state index is -0.757. The van der Waals surface area contributed by atoms with Gasteiger partial charge in [0.15, 0.2) is 5.92 Å². The first kappa shape index (κ1) is 16.3. The van der Waals surface area contributed by atoms with Crippen LogP contribution in [0.3, 0.4) is 0 Å². The third kappa shape index (κ3) is 2.80. The van der Waals surface area contributed by atoms with Crippen molar-refractivity contribution in [3.8, 4) is 5.75 Å². The highest BCUT2D eigenvalue weighted by molar-refractivity contribution is 6.04. The van der Waals surface area contributed by atoms with Crippen molar-refractivity contribution in [2.45, 2.75) is 39.3 Å². The van der Waals surface area contributed by atoms with Crippen LogP contribution in [0.15, 0.2) is 24.3 Å². The van der Waals surface area contributed by atoms with Crippen LogP contribution >= 0.6 is 0 Å². The summed E-state index contributed by atoms with van der Waals surface area (Å²) < 4.78 is 10.2. The molecule has 0 spiro atoms. The number of methoxy groups -OCH3 is 1. The average molecular weight is 305 g/mol. The highest BCUT2D eigenvalue weighted by Gasteiger charge is 2.56. The smallest absolute Gasteiger partial charge is 0.321 e. The molecule has 2 rings (SSSR count). The molecule has 1 aromatic carbocycles. The molecule has 1 heterocycles. The molecule has 0 aromatic heterocycles. The molecule has 2 atom stereocenters. The number of nitrogens with zero attached hydrogens (tertiary/aromatic N) is 1. The second kappa shape index (κ2) is 5.99. The largest absolute Gasteiger partial charge is 0.497 e. The molecule has 1 amide bonds. The quantitative estimate of drug-likeness (QED) is 0.487. The number of hydrogen-bond acceptors (Lipinski definition) is 4. The van der Waals surface area contributed by atoms with Gasteiger partial charge in [-0.05, 0) is 45.4 Å². The summed E-state index contributed by atoms with van der Waals surface area (Å²) in [6.45, 7) is 7.90. The van der Waals surface area contributed by atoms with Gasteiger partial charge in [0.2, 0.25) is 5.91 Å². The second-order valence-corrected chi connectivity index (χ2v) is 6.33. The number of β-lactam (4-membered cyclic amide) rings is 1. The van der Waals surface area contributed by atoms with Crippen LogP contribution in [0.2, 0.25) is 0 Å². The van der Waals surface area contributed by atoms with E-state index in [0.29, 0.717) is 0 Å². The summed E-state index contributed by atoms with van der Waals surface area (Å²) in [6, 6.07) is 7.15. The molecule has 1 aromatic rings. The normalized spacial score (nSPS) is 21.3. The zero-order valence-corrected chi connectivity index (χ0v) is 13.8. The van der Waals surface area contributed by atoms with E-state index in [9.17, 15) is 9.59 Å². The lowest BCUT2D eigenvalue weighted by molar-refractivity contribution is -0.180. The van der Waals surface area contributed by atoms with Crippen LogP contribution in [-0.4, -0.2) is 36.0 Å². The first-order valence-electron chi connectivity index (χ1n) is 7.45. The van der Waals surface area contributed by atoms with Gasteiger partial charge in [0.25, 0.3) is 0 Å². The molecule has 1 aliphatic heterocycles. The molecule has 1 aliphatic rings. The second-order valence-electron chi connectivity index (χ2n) is 6.33. The fraction of sp³-hybridized carbons (Fsp3) is 0.529. The van der Waals surface area contributed by atoms with Gasteiger partial charge in [-0.1, -0.05) is 12.1 Å². The van der Waals surface area contributed by atoms with E-state index in [4.69, 9.17) is 9.47 Å². The third-order valence-electron chi connectivity index (χ3n) is 3.82. The molecular formula is C17H23NO4. The maximum atomic E-state index is 12.4. The van der Waals surface area contributed by atoms with E-state index < -0.39 is 11.9 Å². The SMILES string of the molecule is CCOC(=O)[C@H]1C(=O)N(C(C)(C)C)[C@H]1c1ccc(OC)cc1. The van der Waals surface area contributed by atoms with E-state index >= 15 is 0 Å². The Morgan fingerprint density at radius 3 is 2.27 bits per heavy atom. The molecule has 120 valence electrons. The Bertz CT molecular complexity index is 559. The topological polar surface area (TPSA) is 55.8 Å². The van der Waals surface area contributed by atoms with Crippen molar-refractivity contribution in [3.05, 3.63) is 29.8 Å². The number of likely N-dealkylation sites (tertiary alicyclic amines) is 1. The zero-order valence-electron chi connectivity index (χ0n) is 13.8. The van der Waals surface area contributed by atoms with Crippen LogP contribution in [-0.2, 0) is 14.3 Å². The molecule has 0 N–H and O–H groups in total. The summed E-state index contributed by atoms with van der Waals surface area (Å²) in [4.78, 5) is 26.3. The monoisotopic (exact) mass is 305 g/mol. The van der Waals surface area contributed by atoms with Gasteiger partial charge in [-0.2, -0.15) is 0 Å². The molecule has 1 fully saturated rings. The maximum Gasteiger partial charge on any atom is 0.321 e. The molecule has 0 aliphatic carbocycles. The minimum absolute atomic E-state index is 0.174. The standard InChI is InChI=1S/C17H23NO4/c1-6-22-16(20)13-14(18(15(13)19)17(2,3)4)11-7-9-12(21-5)10-8-11/h7-10,13-14H,6H2,1-5H3/t13-,14+/m1/s1. The number of amides is 1. The number of ether oxygens (including phenoxy) is 2. The van der Waals surface area contributed by atoms with Crippen molar-refractivity contribution in [2.75, 3.05) is 13.7 Å².